The number of hydrogen-bond acceptors (Lipinski definition) is 4. The van der Waals surface area contributed by atoms with E-state index in [0.29, 0.717) is 13.0 Å². The Labute approximate surface area is 91.3 Å². The van der Waals surface area contributed by atoms with Crippen molar-refractivity contribution in [2.24, 2.45) is 0 Å². The summed E-state index contributed by atoms with van der Waals surface area (Å²) in [5, 5.41) is 18.0. The van der Waals surface area contributed by atoms with Crippen molar-refractivity contribution in [3.8, 4) is 0 Å². The standard InChI is InChI=1S/C11H22O4/c1-3-4-5-9-15-10(12)7-6-8-11(2,13)14/h13-14H,3-9H2,1-2H3. The van der Waals surface area contributed by atoms with Crippen LogP contribution in [0.25, 0.3) is 0 Å². The van der Waals surface area contributed by atoms with Gasteiger partial charge in [0.1, 0.15) is 0 Å². The van der Waals surface area contributed by atoms with Crippen LogP contribution in [-0.2, 0) is 9.53 Å². The van der Waals surface area contributed by atoms with Gasteiger partial charge in [0.2, 0.25) is 0 Å². The number of carbonyl (C=O) groups excluding carboxylic acids is 1. The van der Waals surface area contributed by atoms with Gasteiger partial charge in [-0.05, 0) is 19.8 Å². The van der Waals surface area contributed by atoms with Crippen molar-refractivity contribution in [1.29, 1.82) is 0 Å². The van der Waals surface area contributed by atoms with Gasteiger partial charge in [0.25, 0.3) is 0 Å². The quantitative estimate of drug-likeness (QED) is 0.369. The van der Waals surface area contributed by atoms with Gasteiger partial charge in [-0.2, -0.15) is 0 Å². The van der Waals surface area contributed by atoms with Gasteiger partial charge in [0, 0.05) is 12.8 Å². The van der Waals surface area contributed by atoms with E-state index in [2.05, 4.69) is 6.92 Å². The Hall–Kier alpha value is -0.610. The molecule has 0 aromatic carbocycles. The van der Waals surface area contributed by atoms with Gasteiger partial charge in [0.15, 0.2) is 5.79 Å². The van der Waals surface area contributed by atoms with Crippen LogP contribution in [-0.4, -0.2) is 28.6 Å². The molecule has 4 heteroatoms. The van der Waals surface area contributed by atoms with Gasteiger partial charge in [-0.25, -0.2) is 0 Å². The van der Waals surface area contributed by atoms with Crippen molar-refractivity contribution < 1.29 is 19.7 Å². The van der Waals surface area contributed by atoms with Crippen LogP contribution in [0, 0.1) is 0 Å². The Morgan fingerprint density at radius 3 is 2.47 bits per heavy atom. The van der Waals surface area contributed by atoms with Crippen molar-refractivity contribution in [2.75, 3.05) is 6.61 Å². The molecular weight excluding hydrogens is 196 g/mol. The lowest BCUT2D eigenvalue weighted by Crippen LogP contribution is -2.22. The zero-order chi connectivity index (χ0) is 11.7. The van der Waals surface area contributed by atoms with E-state index in [0.717, 1.165) is 19.3 Å². The van der Waals surface area contributed by atoms with Crippen LogP contribution in [0.15, 0.2) is 0 Å². The van der Waals surface area contributed by atoms with Gasteiger partial charge in [-0.3, -0.25) is 4.79 Å². The Balaban J connectivity index is 3.34. The lowest BCUT2D eigenvalue weighted by molar-refractivity contribution is -0.154. The summed E-state index contributed by atoms with van der Waals surface area (Å²) in [5.41, 5.74) is 0. The first-order chi connectivity index (χ1) is 6.95. The van der Waals surface area contributed by atoms with E-state index in [-0.39, 0.29) is 18.8 Å². The third kappa shape index (κ3) is 11.3. The molecule has 0 amide bonds. The topological polar surface area (TPSA) is 66.8 Å². The van der Waals surface area contributed by atoms with Gasteiger partial charge in [-0.15, -0.1) is 0 Å². The number of carbonyl (C=O) groups is 1. The lowest BCUT2D eigenvalue weighted by Gasteiger charge is -2.14. The number of hydrogen-bond donors (Lipinski definition) is 2. The van der Waals surface area contributed by atoms with E-state index < -0.39 is 5.79 Å². The van der Waals surface area contributed by atoms with E-state index in [1.54, 1.807) is 0 Å². The summed E-state index contributed by atoms with van der Waals surface area (Å²) in [6, 6.07) is 0. The second kappa shape index (κ2) is 7.65. The number of aliphatic hydroxyl groups is 2. The normalized spacial score (nSPS) is 11.5. The summed E-state index contributed by atoms with van der Waals surface area (Å²) >= 11 is 0. The first-order valence-corrected chi connectivity index (χ1v) is 5.56. The van der Waals surface area contributed by atoms with Crippen LogP contribution in [0.1, 0.15) is 52.4 Å². The lowest BCUT2D eigenvalue weighted by atomic mass is 10.1. The molecule has 0 aromatic rings. The monoisotopic (exact) mass is 218 g/mol. The smallest absolute Gasteiger partial charge is 0.305 e. The molecule has 0 spiro atoms. The molecule has 0 rings (SSSR count). The van der Waals surface area contributed by atoms with E-state index in [1.165, 1.54) is 6.92 Å². The minimum absolute atomic E-state index is 0.192. The molecule has 0 aromatic heterocycles. The largest absolute Gasteiger partial charge is 0.466 e. The maximum Gasteiger partial charge on any atom is 0.305 e. The SMILES string of the molecule is CCCCCOC(=O)CCCC(C)(O)O. The Kier molecular flexibility index (Phi) is 7.34. The molecule has 2 N–H and O–H groups in total. The zero-order valence-corrected chi connectivity index (χ0v) is 9.66. The van der Waals surface area contributed by atoms with Gasteiger partial charge in [0.05, 0.1) is 6.61 Å². The molecule has 4 nitrogen and oxygen atoms in total. The molecule has 0 aliphatic rings. The highest BCUT2D eigenvalue weighted by molar-refractivity contribution is 5.69. The van der Waals surface area contributed by atoms with Crippen LogP contribution in [0.3, 0.4) is 0 Å². The summed E-state index contributed by atoms with van der Waals surface area (Å²) in [5.74, 6) is -1.93. The summed E-state index contributed by atoms with van der Waals surface area (Å²) in [6.45, 7) is 3.87. The van der Waals surface area contributed by atoms with Crippen molar-refractivity contribution in [3.63, 3.8) is 0 Å². The van der Waals surface area contributed by atoms with Crippen molar-refractivity contribution in [3.05, 3.63) is 0 Å². The van der Waals surface area contributed by atoms with Crippen LogP contribution in [0.2, 0.25) is 0 Å². The van der Waals surface area contributed by atoms with Gasteiger partial charge >= 0.3 is 5.97 Å². The zero-order valence-electron chi connectivity index (χ0n) is 9.66. The third-order valence-electron chi connectivity index (χ3n) is 2.04. The molecule has 0 aliphatic heterocycles. The molecule has 0 heterocycles. The van der Waals surface area contributed by atoms with Gasteiger partial charge in [-0.1, -0.05) is 19.8 Å². The highest BCUT2D eigenvalue weighted by atomic mass is 16.5. The fraction of sp³-hybridized carbons (Fsp3) is 0.909. The number of ether oxygens (including phenoxy) is 1. The predicted molar refractivity (Wildman–Crippen MR) is 57.2 cm³/mol. The maximum absolute atomic E-state index is 11.1. The molecule has 0 unspecified atom stereocenters. The Morgan fingerprint density at radius 2 is 1.93 bits per heavy atom. The second-order valence-electron chi connectivity index (χ2n) is 4.00. The predicted octanol–water partition coefficient (Wildman–Crippen LogP) is 1.59. The molecular formula is C11H22O4. The first-order valence-electron chi connectivity index (χ1n) is 5.56. The molecule has 0 bridgehead atoms. The highest BCUT2D eigenvalue weighted by Crippen LogP contribution is 2.09. The Morgan fingerprint density at radius 1 is 1.27 bits per heavy atom. The van der Waals surface area contributed by atoms with Crippen LogP contribution >= 0.6 is 0 Å². The summed E-state index contributed by atoms with van der Waals surface area (Å²) in [7, 11) is 0. The minimum atomic E-state index is -1.68. The van der Waals surface area contributed by atoms with E-state index in [1.807, 2.05) is 0 Å². The van der Waals surface area contributed by atoms with Crippen molar-refractivity contribution in [1.82, 2.24) is 0 Å². The fourth-order valence-corrected chi connectivity index (χ4v) is 1.18. The molecule has 0 aliphatic carbocycles. The van der Waals surface area contributed by atoms with E-state index in [9.17, 15) is 4.79 Å². The molecule has 0 fully saturated rings. The number of rotatable bonds is 8. The summed E-state index contributed by atoms with van der Waals surface area (Å²) in [6.07, 6.45) is 3.96. The van der Waals surface area contributed by atoms with Crippen molar-refractivity contribution in [2.45, 2.75) is 58.2 Å². The van der Waals surface area contributed by atoms with E-state index >= 15 is 0 Å². The number of unbranched alkanes of at least 4 members (excludes halogenated alkanes) is 2. The van der Waals surface area contributed by atoms with Crippen LogP contribution < -0.4 is 0 Å². The van der Waals surface area contributed by atoms with Gasteiger partial charge < -0.3 is 14.9 Å². The summed E-state index contributed by atoms with van der Waals surface area (Å²) < 4.78 is 4.96. The molecule has 0 saturated carbocycles. The maximum atomic E-state index is 11.1. The fourth-order valence-electron chi connectivity index (χ4n) is 1.18. The van der Waals surface area contributed by atoms with Crippen LogP contribution in [0.5, 0.6) is 0 Å². The molecule has 15 heavy (non-hydrogen) atoms. The van der Waals surface area contributed by atoms with E-state index in [4.69, 9.17) is 14.9 Å². The van der Waals surface area contributed by atoms with Crippen LogP contribution in [0.4, 0.5) is 0 Å². The first kappa shape index (κ1) is 14.4. The molecule has 0 atom stereocenters. The average molecular weight is 218 g/mol. The molecule has 0 saturated heterocycles. The average Bonchev–Trinajstić information content (AvgIpc) is 2.10. The summed E-state index contributed by atoms with van der Waals surface area (Å²) in [4.78, 5) is 11.1. The molecule has 90 valence electrons. The number of esters is 1. The van der Waals surface area contributed by atoms with Crippen molar-refractivity contribution >= 4 is 5.97 Å². The minimum Gasteiger partial charge on any atom is -0.466 e. The third-order valence-corrected chi connectivity index (χ3v) is 2.04. The Bertz CT molecular complexity index is 172. The molecule has 0 radical (unpaired) electrons. The second-order valence-corrected chi connectivity index (χ2v) is 4.00. The highest BCUT2D eigenvalue weighted by Gasteiger charge is 2.15.